The number of nitrogens with zero attached hydrogens (tertiary/aromatic N) is 2. The van der Waals surface area contributed by atoms with Gasteiger partial charge in [-0.2, -0.15) is 4.98 Å². The molecule has 0 amide bonds. The molecule has 0 bridgehead atoms. The third-order valence-electron chi connectivity index (χ3n) is 3.89. The predicted octanol–water partition coefficient (Wildman–Crippen LogP) is 3.86. The fourth-order valence-corrected chi connectivity index (χ4v) is 2.92. The molecule has 1 aromatic heterocycles. The molecule has 2 aromatic rings. The monoisotopic (exact) mass is 346 g/mol. The van der Waals surface area contributed by atoms with E-state index in [0.29, 0.717) is 22.7 Å². The Kier molecular flexibility index (Phi) is 4.57. The smallest absolute Gasteiger partial charge is 0.322 e. The van der Waals surface area contributed by atoms with Crippen LogP contribution in [0.3, 0.4) is 0 Å². The lowest BCUT2D eigenvalue weighted by Gasteiger charge is -2.14. The van der Waals surface area contributed by atoms with E-state index in [-0.39, 0.29) is 6.54 Å². The number of halogens is 1. The summed E-state index contributed by atoms with van der Waals surface area (Å²) in [6, 6.07) is 5.71. The molecule has 0 atom stereocenters. The molecule has 0 unspecified atom stereocenters. The molecule has 6 nitrogen and oxygen atoms in total. The first-order valence-electron chi connectivity index (χ1n) is 7.81. The van der Waals surface area contributed by atoms with E-state index in [4.69, 9.17) is 16.7 Å². The van der Waals surface area contributed by atoms with Crippen LogP contribution in [0.15, 0.2) is 18.2 Å². The van der Waals surface area contributed by atoms with Gasteiger partial charge in [-0.25, -0.2) is 4.98 Å². The van der Waals surface area contributed by atoms with Crippen LogP contribution in [0.5, 0.6) is 0 Å². The summed E-state index contributed by atoms with van der Waals surface area (Å²) in [6.45, 7) is 3.74. The lowest BCUT2D eigenvalue weighted by molar-refractivity contribution is -0.134. The Labute approximate surface area is 145 Å². The zero-order valence-electron chi connectivity index (χ0n) is 13.6. The Morgan fingerprint density at radius 3 is 2.50 bits per heavy atom. The van der Waals surface area contributed by atoms with Gasteiger partial charge in [-0.05, 0) is 49.9 Å². The van der Waals surface area contributed by atoms with Gasteiger partial charge in [0, 0.05) is 22.7 Å². The summed E-state index contributed by atoms with van der Waals surface area (Å²) in [7, 11) is 0. The molecule has 1 aliphatic carbocycles. The average molecular weight is 347 g/mol. The third-order valence-corrected chi connectivity index (χ3v) is 4.11. The molecule has 126 valence electrons. The maximum atomic E-state index is 10.8. The summed E-state index contributed by atoms with van der Waals surface area (Å²) in [5, 5.41) is 15.6. The normalized spacial score (nSPS) is 13.6. The number of hydrogen-bond donors (Lipinski definition) is 3. The molecule has 3 rings (SSSR count). The number of aryl methyl sites for hydroxylation is 2. The van der Waals surface area contributed by atoms with Gasteiger partial charge in [0.15, 0.2) is 0 Å². The number of benzene rings is 1. The van der Waals surface area contributed by atoms with E-state index in [9.17, 15) is 4.79 Å². The average Bonchev–Trinajstić information content (AvgIpc) is 3.33. The highest BCUT2D eigenvalue weighted by molar-refractivity contribution is 6.30. The highest BCUT2D eigenvalue weighted by Gasteiger charge is 2.26. The minimum absolute atomic E-state index is 0.216. The number of carbonyl (C=O) groups is 1. The van der Waals surface area contributed by atoms with Gasteiger partial charge in [0.1, 0.15) is 12.4 Å². The van der Waals surface area contributed by atoms with Crippen LogP contribution in [0.25, 0.3) is 0 Å². The van der Waals surface area contributed by atoms with Gasteiger partial charge >= 0.3 is 5.97 Å². The van der Waals surface area contributed by atoms with Crippen LogP contribution in [0.2, 0.25) is 5.02 Å². The van der Waals surface area contributed by atoms with Crippen LogP contribution in [-0.2, 0) is 4.79 Å². The van der Waals surface area contributed by atoms with Crippen molar-refractivity contribution >= 4 is 35.0 Å². The molecule has 0 saturated heterocycles. The van der Waals surface area contributed by atoms with Crippen LogP contribution >= 0.6 is 11.6 Å². The summed E-state index contributed by atoms with van der Waals surface area (Å²) < 4.78 is 0. The van der Waals surface area contributed by atoms with Gasteiger partial charge in [0.25, 0.3) is 0 Å². The van der Waals surface area contributed by atoms with Gasteiger partial charge in [0.2, 0.25) is 5.95 Å². The predicted molar refractivity (Wildman–Crippen MR) is 94.3 cm³/mol. The third kappa shape index (κ3) is 3.94. The van der Waals surface area contributed by atoms with Crippen molar-refractivity contribution in [2.75, 3.05) is 17.2 Å². The number of carboxylic acid groups (broad SMARTS) is 1. The number of hydrogen-bond acceptors (Lipinski definition) is 5. The molecule has 1 aliphatic rings. The van der Waals surface area contributed by atoms with E-state index in [1.165, 1.54) is 0 Å². The molecule has 1 saturated carbocycles. The standard InChI is InChI=1S/C17H19ClN4O2/c1-9-5-12(18)6-10(2)16(9)21-14-7-13(11-3-4-11)20-17(22-14)19-8-15(23)24/h5-7,11H,3-4,8H2,1-2H3,(H,23,24)(H2,19,20,21,22). The zero-order valence-corrected chi connectivity index (χ0v) is 14.3. The van der Waals surface area contributed by atoms with E-state index in [0.717, 1.165) is 35.3 Å². The molecule has 7 heteroatoms. The van der Waals surface area contributed by atoms with Crippen molar-refractivity contribution in [3.05, 3.63) is 40.0 Å². The summed E-state index contributed by atoms with van der Waals surface area (Å²) in [6.07, 6.45) is 2.21. The molecule has 1 aromatic carbocycles. The fourth-order valence-electron chi connectivity index (χ4n) is 2.59. The van der Waals surface area contributed by atoms with Crippen LogP contribution < -0.4 is 10.6 Å². The van der Waals surface area contributed by atoms with E-state index >= 15 is 0 Å². The van der Waals surface area contributed by atoms with Crippen LogP contribution in [0, 0.1) is 13.8 Å². The molecule has 3 N–H and O–H groups in total. The van der Waals surface area contributed by atoms with Gasteiger partial charge in [0.05, 0.1) is 5.69 Å². The summed E-state index contributed by atoms with van der Waals surface area (Å²) >= 11 is 6.08. The molecular formula is C17H19ClN4O2. The van der Waals surface area contributed by atoms with Crippen LogP contribution in [-0.4, -0.2) is 27.6 Å². The SMILES string of the molecule is Cc1cc(Cl)cc(C)c1Nc1cc(C2CC2)nc(NCC(=O)O)n1. The largest absolute Gasteiger partial charge is 0.480 e. The first-order chi connectivity index (χ1) is 11.4. The van der Waals surface area contributed by atoms with Crippen molar-refractivity contribution in [2.45, 2.75) is 32.6 Å². The Balaban J connectivity index is 1.90. The number of aliphatic carboxylic acids is 1. The molecule has 1 heterocycles. The van der Waals surface area contributed by atoms with E-state index in [1.807, 2.05) is 32.0 Å². The number of nitrogens with one attached hydrogen (secondary N) is 2. The number of carboxylic acids is 1. The van der Waals surface area contributed by atoms with Crippen LogP contribution in [0.1, 0.15) is 35.6 Å². The minimum atomic E-state index is -0.950. The molecule has 1 fully saturated rings. The maximum Gasteiger partial charge on any atom is 0.322 e. The topological polar surface area (TPSA) is 87.1 Å². The Bertz CT molecular complexity index is 767. The first-order valence-corrected chi connectivity index (χ1v) is 8.18. The second-order valence-electron chi connectivity index (χ2n) is 6.06. The van der Waals surface area contributed by atoms with Crippen molar-refractivity contribution in [2.24, 2.45) is 0 Å². The van der Waals surface area contributed by atoms with Gasteiger partial charge < -0.3 is 15.7 Å². The van der Waals surface area contributed by atoms with Gasteiger partial charge in [-0.3, -0.25) is 4.79 Å². The highest BCUT2D eigenvalue weighted by Crippen LogP contribution is 2.40. The van der Waals surface area contributed by atoms with E-state index < -0.39 is 5.97 Å². The Hall–Kier alpha value is -2.34. The quantitative estimate of drug-likeness (QED) is 0.736. The van der Waals surface area contributed by atoms with Crippen LogP contribution in [0.4, 0.5) is 17.5 Å². The molecular weight excluding hydrogens is 328 g/mol. The lowest BCUT2D eigenvalue weighted by atomic mass is 10.1. The lowest BCUT2D eigenvalue weighted by Crippen LogP contribution is -2.15. The Morgan fingerprint density at radius 2 is 1.92 bits per heavy atom. The van der Waals surface area contributed by atoms with Crippen molar-refractivity contribution in [3.63, 3.8) is 0 Å². The van der Waals surface area contributed by atoms with E-state index in [1.54, 1.807) is 0 Å². The van der Waals surface area contributed by atoms with Crippen molar-refractivity contribution in [1.82, 2.24) is 9.97 Å². The number of aromatic nitrogens is 2. The molecule has 24 heavy (non-hydrogen) atoms. The second kappa shape index (κ2) is 6.65. The van der Waals surface area contributed by atoms with Gasteiger partial charge in [-0.15, -0.1) is 0 Å². The molecule has 0 spiro atoms. The fraction of sp³-hybridized carbons (Fsp3) is 0.353. The summed E-state index contributed by atoms with van der Waals surface area (Å²) in [4.78, 5) is 19.6. The Morgan fingerprint density at radius 1 is 1.25 bits per heavy atom. The zero-order chi connectivity index (χ0) is 17.3. The number of rotatable bonds is 6. The van der Waals surface area contributed by atoms with Crippen molar-refractivity contribution < 1.29 is 9.90 Å². The highest BCUT2D eigenvalue weighted by atomic mass is 35.5. The van der Waals surface area contributed by atoms with Crippen molar-refractivity contribution in [1.29, 1.82) is 0 Å². The second-order valence-corrected chi connectivity index (χ2v) is 6.50. The molecule has 0 aliphatic heterocycles. The first kappa shape index (κ1) is 16.5. The van der Waals surface area contributed by atoms with E-state index in [2.05, 4.69) is 20.6 Å². The van der Waals surface area contributed by atoms with Gasteiger partial charge in [-0.1, -0.05) is 11.6 Å². The molecule has 0 radical (unpaired) electrons. The number of anilines is 3. The van der Waals surface area contributed by atoms with Crippen molar-refractivity contribution in [3.8, 4) is 0 Å². The maximum absolute atomic E-state index is 10.8. The summed E-state index contributed by atoms with van der Waals surface area (Å²) in [5.41, 5.74) is 3.92. The summed E-state index contributed by atoms with van der Waals surface area (Å²) in [5.74, 6) is 0.461. The minimum Gasteiger partial charge on any atom is -0.480 e.